The van der Waals surface area contributed by atoms with Gasteiger partial charge in [0.2, 0.25) is 0 Å². The Bertz CT molecular complexity index is 2900. The summed E-state index contributed by atoms with van der Waals surface area (Å²) in [5, 5.41) is 183. The molecule has 0 spiro atoms. The van der Waals surface area contributed by atoms with Gasteiger partial charge in [-0.2, -0.15) is 0 Å². The molecule has 8 aliphatic heterocycles. The molecule has 0 radical (unpaired) electrons. The quantitative estimate of drug-likeness (QED) is 0.0186. The van der Waals surface area contributed by atoms with Crippen LogP contribution in [0.15, 0.2) is 24.3 Å². The second-order valence-corrected chi connectivity index (χ2v) is 26.4. The van der Waals surface area contributed by atoms with Gasteiger partial charge in [0.05, 0.1) is 95.7 Å². The first kappa shape index (κ1) is 87.3. The van der Waals surface area contributed by atoms with Gasteiger partial charge in [-0.15, -0.1) is 5.48 Å². The number of carbonyl (C=O) groups is 1. The Morgan fingerprint density at radius 3 is 1.20 bits per heavy atom. The van der Waals surface area contributed by atoms with Crippen molar-refractivity contribution in [2.75, 3.05) is 74.2 Å². The highest BCUT2D eigenvalue weighted by atomic mass is 16.9. The number of hydrogen-bond acceptors (Lipinski definition) is 47. The van der Waals surface area contributed by atoms with Crippen LogP contribution in [0.25, 0.3) is 6.08 Å². The summed E-state index contributed by atoms with van der Waals surface area (Å²) in [6, 6.07) is -7.97. The fourth-order valence-corrected chi connectivity index (χ4v) is 13.4. The summed E-state index contributed by atoms with van der Waals surface area (Å²) in [7, 11) is 3.74. The van der Waals surface area contributed by atoms with E-state index in [0.717, 1.165) is 6.08 Å². The zero-order valence-corrected chi connectivity index (χ0v) is 57.9. The predicted octanol–water partition coefficient (Wildman–Crippen LogP) is -16.8. The normalized spacial score (nSPS) is 46.5. The van der Waals surface area contributed by atoms with Gasteiger partial charge in [-0.3, -0.25) is 4.84 Å². The number of rotatable bonds is 31. The average Bonchev–Trinajstić information content (AvgIpc) is 0.777. The monoisotopic (exact) mass is 1560 g/mol. The third-order valence-corrected chi connectivity index (χ3v) is 19.6. The van der Waals surface area contributed by atoms with E-state index in [-0.39, 0.29) is 17.1 Å². The second-order valence-electron chi connectivity index (χ2n) is 26.4. The first-order valence-electron chi connectivity index (χ1n) is 34.0. The summed E-state index contributed by atoms with van der Waals surface area (Å²) in [4.78, 5) is 30.3. The number of aliphatic hydroxyl groups is 17. The smallest absolute Gasteiger partial charge is 0.349 e. The van der Waals surface area contributed by atoms with Crippen LogP contribution >= 0.6 is 0 Å². The van der Waals surface area contributed by atoms with Gasteiger partial charge in [-0.1, -0.05) is 6.07 Å². The van der Waals surface area contributed by atoms with Crippen molar-refractivity contribution in [3.05, 3.63) is 29.8 Å². The van der Waals surface area contributed by atoms with Crippen LogP contribution in [0.1, 0.15) is 5.56 Å². The van der Waals surface area contributed by atoms with Gasteiger partial charge in [0, 0.05) is 20.3 Å². The molecule has 8 heterocycles. The molecule has 47 nitrogen and oxygen atoms in total. The lowest BCUT2D eigenvalue weighted by molar-refractivity contribution is -0.363. The van der Waals surface area contributed by atoms with E-state index >= 15 is 0 Å². The summed E-state index contributed by atoms with van der Waals surface area (Å²) in [6.45, 7) is -6.43. The summed E-state index contributed by atoms with van der Waals surface area (Å²) in [5.74, 6) is -1.24. The van der Waals surface area contributed by atoms with E-state index in [1.807, 2.05) is 0 Å². The fraction of sp³-hybridized carbons (Fsp3) is 0.850. The third-order valence-electron chi connectivity index (χ3n) is 19.6. The maximum absolute atomic E-state index is 13.6. The Morgan fingerprint density at radius 2 is 0.757 bits per heavy atom. The molecule has 8 aliphatic rings. The van der Waals surface area contributed by atoms with Gasteiger partial charge >= 0.3 is 5.97 Å². The van der Waals surface area contributed by atoms with Crippen LogP contribution in [-0.2, 0) is 90.3 Å². The second kappa shape index (κ2) is 39.4. The van der Waals surface area contributed by atoms with E-state index in [4.69, 9.17) is 135 Å². The molecular formula is C60H103N9O38. The first-order valence-corrected chi connectivity index (χ1v) is 34.0. The molecule has 8 saturated heterocycles. The van der Waals surface area contributed by atoms with Crippen LogP contribution < -0.4 is 60.8 Å². The van der Waals surface area contributed by atoms with Gasteiger partial charge in [-0.25, -0.2) is 4.79 Å². The highest BCUT2D eigenvalue weighted by molar-refractivity contribution is 5.87. The van der Waals surface area contributed by atoms with Crippen molar-refractivity contribution in [1.82, 2.24) is 11.1 Å². The molecule has 1 aromatic rings. The summed E-state index contributed by atoms with van der Waals surface area (Å²) in [6.07, 6.45) is -48.8. The number of aliphatic hydroxyl groups excluding tert-OH is 17. The maximum Gasteiger partial charge on any atom is 0.349 e. The van der Waals surface area contributed by atoms with Crippen molar-refractivity contribution in [3.63, 3.8) is 0 Å². The zero-order valence-electron chi connectivity index (χ0n) is 57.9. The van der Waals surface area contributed by atoms with Crippen LogP contribution in [0, 0.1) is 0 Å². The molecule has 616 valence electrons. The molecule has 9 rings (SSSR count). The highest BCUT2D eigenvalue weighted by Crippen LogP contribution is 2.38. The third kappa shape index (κ3) is 19.4. The van der Waals surface area contributed by atoms with Crippen LogP contribution in [0.4, 0.5) is 0 Å². The van der Waals surface area contributed by atoms with Crippen molar-refractivity contribution in [3.8, 4) is 11.5 Å². The Hall–Kier alpha value is -3.69. The van der Waals surface area contributed by atoms with Crippen molar-refractivity contribution in [2.24, 2.45) is 40.1 Å². The average molecular weight is 1560 g/mol. The SMILES string of the molecule is COc1cc(/C=C/C(=O)ONC2C(O)[C@H](O[C@@H]3OC(CO)[C@@H](O[C@@H]4OC(CO)[C@@H](O)C(O)C4N)C(O)C3N)C(CO)O[C@H]2O[C@@H]2C(CO)O[C@@H](OC)C(N)C2O)ccc1ONOCC1O[C@@H](O[C@@H]2C(CO)O[C@@H](O[C@@H]3C(CO)O[C@@H](O)C(N)C3O)C(N)C2O)C(N)C(O)[C@@H]1O[C@@H]1OC(CO)[C@@H](OC)C(O)C1N. The number of carbonyl (C=O) groups excluding carboxylic acids is 1. The molecule has 0 aliphatic carbocycles. The Morgan fingerprint density at radius 1 is 0.402 bits per heavy atom. The van der Waals surface area contributed by atoms with Gasteiger partial charge in [0.25, 0.3) is 0 Å². The fourth-order valence-electron chi connectivity index (χ4n) is 13.4. The highest BCUT2D eigenvalue weighted by Gasteiger charge is 2.58. The Labute approximate surface area is 609 Å². The number of benzene rings is 1. The molecule has 0 amide bonds. The van der Waals surface area contributed by atoms with E-state index in [0.29, 0.717) is 0 Å². The molecule has 0 bridgehead atoms. The van der Waals surface area contributed by atoms with E-state index in [1.54, 1.807) is 0 Å². The van der Waals surface area contributed by atoms with Crippen LogP contribution in [0.5, 0.6) is 11.5 Å². The van der Waals surface area contributed by atoms with E-state index in [1.165, 1.54) is 45.6 Å². The molecule has 33 N–H and O–H groups in total. The summed E-state index contributed by atoms with van der Waals surface area (Å²) in [5.41, 5.74) is 48.6. The van der Waals surface area contributed by atoms with Gasteiger partial charge < -0.3 is 217 Å². The molecule has 24 unspecified atom stereocenters. The number of hydrogen-bond donors (Lipinski definition) is 26. The molecule has 40 atom stereocenters. The van der Waals surface area contributed by atoms with Crippen molar-refractivity contribution in [1.29, 1.82) is 0 Å². The van der Waals surface area contributed by atoms with Crippen LogP contribution in [0.3, 0.4) is 0 Å². The minimum Gasteiger partial charge on any atom is -0.493 e. The molecular weight excluding hydrogens is 1450 g/mol. The first-order chi connectivity index (χ1) is 51.1. The minimum atomic E-state index is -2.02. The van der Waals surface area contributed by atoms with E-state index in [9.17, 15) is 91.6 Å². The standard InChI is InChI=1S/C60H103N9O38/c1-88-19-8-17(5-7-28(77)107-68-36-45(86)51(26(15-76)98-60(36)105-50-23(12-73)94-54(90-3)31(63)41(50)82)103-58-34(66)43(84)48(24(13-74)97-58)101-55-30(62)38(79)37(78)20(9-70)93-55)4-6-18(19)106-69-91-16-27-52(104-56-32(64)40(81)46(89-2)21(10-71)95-56)44(85)35(67)59(99-27)102-49-25(14-75)96-57(33(65)42(49)83)100-47-22(11-72)92-53(87)29(61)39(47)80/h4-8,20-27,29-60,68-76,78-87H,9-16,61-67H2,1-3H3/b7-5+/t20?,21?,22?,23?,24?,25?,26?,27?,29?,30?,31?,32?,33?,34?,35?,36?,37-,38?,39?,40?,41?,42?,43?,44?,45?,46-,47-,48-,49-,50-,51-,52-,53-,54-,55+,56+,57+,58+,59+,60+/m1/s1. The molecule has 0 aromatic heterocycles. The minimum absolute atomic E-state index is 0.00815. The number of ether oxygens (including phenoxy) is 17. The van der Waals surface area contributed by atoms with Gasteiger partial charge in [-0.05, 0) is 29.4 Å². The number of methoxy groups -OCH3 is 3. The molecule has 47 heteroatoms. The predicted molar refractivity (Wildman–Crippen MR) is 343 cm³/mol. The molecule has 1 aromatic carbocycles. The van der Waals surface area contributed by atoms with Gasteiger partial charge in [0.15, 0.2) is 61.8 Å². The van der Waals surface area contributed by atoms with Crippen molar-refractivity contribution >= 4 is 12.0 Å². The summed E-state index contributed by atoms with van der Waals surface area (Å²) >= 11 is 0. The van der Waals surface area contributed by atoms with Gasteiger partial charge in [0.1, 0.15) is 159 Å². The van der Waals surface area contributed by atoms with Crippen molar-refractivity contribution < 1.29 is 187 Å². The number of nitrogens with two attached hydrogens (primary N) is 7. The maximum atomic E-state index is 13.6. The van der Waals surface area contributed by atoms with E-state index < -0.39 is 304 Å². The van der Waals surface area contributed by atoms with Crippen LogP contribution in [-0.4, -0.2) is 412 Å². The zero-order chi connectivity index (χ0) is 78.2. The molecule has 8 fully saturated rings. The largest absolute Gasteiger partial charge is 0.493 e. The topological polar surface area (TPSA) is 752 Å². The lowest BCUT2D eigenvalue weighted by Crippen LogP contribution is -2.70. The van der Waals surface area contributed by atoms with Crippen LogP contribution in [0.2, 0.25) is 0 Å². The summed E-state index contributed by atoms with van der Waals surface area (Å²) < 4.78 is 98.6. The molecule has 0 saturated carbocycles. The lowest BCUT2D eigenvalue weighted by Gasteiger charge is -2.50. The Balaban J connectivity index is 0.866. The Kier molecular flexibility index (Phi) is 32.1. The number of hydroxylamine groups is 1. The number of nitrogens with one attached hydrogen (secondary N) is 2. The lowest BCUT2D eigenvalue weighted by atomic mass is 9.94. The van der Waals surface area contributed by atoms with Crippen molar-refractivity contribution in [2.45, 2.75) is 245 Å². The van der Waals surface area contributed by atoms with E-state index in [2.05, 4.69) is 11.1 Å². The molecule has 107 heavy (non-hydrogen) atoms.